The minimum absolute atomic E-state index is 0. The molecule has 0 amide bonds. The summed E-state index contributed by atoms with van der Waals surface area (Å²) in [6, 6.07) is 3.35. The molecule has 0 aliphatic rings. The number of benzene rings is 1. The van der Waals surface area contributed by atoms with E-state index in [1.165, 1.54) is 0 Å². The fourth-order valence-electron chi connectivity index (χ4n) is 2.29. The monoisotopic (exact) mass is 508 g/mol. The lowest BCUT2D eigenvalue weighted by Gasteiger charge is -1.99. The second-order valence-electron chi connectivity index (χ2n) is 4.82. The lowest BCUT2D eigenvalue weighted by atomic mass is 10.3. The van der Waals surface area contributed by atoms with Gasteiger partial charge in [0.2, 0.25) is 0 Å². The minimum Gasteiger partial charge on any atom is -1.00 e. The number of fused-ring (bicyclic) bond motifs is 1. The molecule has 1 heterocycles. The van der Waals surface area contributed by atoms with Crippen LogP contribution in [-0.2, 0) is 22.7 Å². The Morgan fingerprint density at radius 1 is 1.09 bits per heavy atom. The van der Waals surface area contributed by atoms with Crippen LogP contribution in [0.5, 0.6) is 0 Å². The molecule has 0 spiro atoms. The smallest absolute Gasteiger partial charge is 0.255 e. The van der Waals surface area contributed by atoms with E-state index in [0.29, 0.717) is 21.1 Å². The van der Waals surface area contributed by atoms with Gasteiger partial charge in [0.25, 0.3) is 5.82 Å². The Kier molecular flexibility index (Phi) is 8.07. The van der Waals surface area contributed by atoms with Gasteiger partial charge in [-0.1, -0.05) is 23.2 Å². The minimum atomic E-state index is -0.136. The molecular weight excluding hydrogens is 497 g/mol. The van der Waals surface area contributed by atoms with Gasteiger partial charge in [0.1, 0.15) is 0 Å². The Morgan fingerprint density at radius 3 is 2.22 bits per heavy atom. The molecule has 0 unspecified atom stereocenters. The molecule has 4 nitrogen and oxygen atoms in total. The van der Waals surface area contributed by atoms with Crippen LogP contribution >= 0.6 is 46.4 Å². The SMILES string of the molecule is Cc1n(CC(=O)CCl)c2cc(Cl)c(Cl)cc2[n+]1CC(=O)CCl.[I-]. The Hall–Kier alpha value is -0.0800. The van der Waals surface area contributed by atoms with Crippen molar-refractivity contribution in [1.82, 2.24) is 4.57 Å². The summed E-state index contributed by atoms with van der Waals surface area (Å²) in [4.78, 5) is 23.4. The van der Waals surface area contributed by atoms with Gasteiger partial charge in [0.15, 0.2) is 35.7 Å². The third-order valence-corrected chi connectivity index (χ3v) is 4.67. The van der Waals surface area contributed by atoms with Crippen molar-refractivity contribution in [3.8, 4) is 0 Å². The Labute approximate surface area is 170 Å². The summed E-state index contributed by atoms with van der Waals surface area (Å²) in [6.45, 7) is 2.02. The lowest BCUT2D eigenvalue weighted by molar-refractivity contribution is -0.665. The van der Waals surface area contributed by atoms with Gasteiger partial charge < -0.3 is 24.0 Å². The molecule has 0 radical (unpaired) electrons. The highest BCUT2D eigenvalue weighted by atomic mass is 127. The highest BCUT2D eigenvalue weighted by Crippen LogP contribution is 2.27. The first-order chi connectivity index (χ1) is 10.4. The second-order valence-corrected chi connectivity index (χ2v) is 6.17. The van der Waals surface area contributed by atoms with Crippen molar-refractivity contribution in [3.05, 3.63) is 28.0 Å². The zero-order chi connectivity index (χ0) is 16.4. The number of nitrogens with zero attached hydrogens (tertiary/aromatic N) is 2. The van der Waals surface area contributed by atoms with Gasteiger partial charge in [0, 0.05) is 19.1 Å². The summed E-state index contributed by atoms with van der Waals surface area (Å²) >= 11 is 23.3. The molecule has 0 fully saturated rings. The Morgan fingerprint density at radius 2 is 1.65 bits per heavy atom. The number of imidazole rings is 1. The summed E-state index contributed by atoms with van der Waals surface area (Å²) in [5, 5.41) is 0.754. The summed E-state index contributed by atoms with van der Waals surface area (Å²) in [7, 11) is 0. The largest absolute Gasteiger partial charge is 1.00 e. The van der Waals surface area contributed by atoms with E-state index in [9.17, 15) is 9.59 Å². The van der Waals surface area contributed by atoms with Gasteiger partial charge in [-0.3, -0.25) is 9.59 Å². The first-order valence-electron chi connectivity index (χ1n) is 6.42. The van der Waals surface area contributed by atoms with Crippen LogP contribution in [0.4, 0.5) is 0 Å². The summed E-state index contributed by atoms with van der Waals surface area (Å²) in [5.74, 6) is 0.291. The number of hydrogen-bond donors (Lipinski definition) is 0. The molecule has 0 atom stereocenters. The number of rotatable bonds is 6. The van der Waals surface area contributed by atoms with E-state index < -0.39 is 0 Å². The number of aromatic nitrogens is 2. The number of hydrogen-bond acceptors (Lipinski definition) is 2. The average molecular weight is 510 g/mol. The van der Waals surface area contributed by atoms with E-state index in [0.717, 1.165) is 5.82 Å². The van der Waals surface area contributed by atoms with Crippen LogP contribution in [0.3, 0.4) is 0 Å². The number of alkyl halides is 2. The summed E-state index contributed by atoms with van der Waals surface area (Å²) in [6.07, 6.45) is 0. The lowest BCUT2D eigenvalue weighted by Crippen LogP contribution is -3.00. The second kappa shape index (κ2) is 8.85. The molecule has 2 rings (SSSR count). The number of ketones is 2. The average Bonchev–Trinajstić information content (AvgIpc) is 2.73. The molecule has 0 saturated heterocycles. The quantitative estimate of drug-likeness (QED) is 0.316. The topological polar surface area (TPSA) is 43.0 Å². The predicted octanol–water partition coefficient (Wildman–Crippen LogP) is 0.164. The molecule has 126 valence electrons. The van der Waals surface area contributed by atoms with Gasteiger partial charge in [0.05, 0.1) is 21.8 Å². The molecular formula is C14H13Cl4IN2O2. The zero-order valence-electron chi connectivity index (χ0n) is 12.1. The highest BCUT2D eigenvalue weighted by molar-refractivity contribution is 6.42. The van der Waals surface area contributed by atoms with Gasteiger partial charge in [-0.05, 0) is 0 Å². The molecule has 1 aromatic heterocycles. The van der Waals surface area contributed by atoms with Crippen molar-refractivity contribution in [3.63, 3.8) is 0 Å². The van der Waals surface area contributed by atoms with E-state index in [1.54, 1.807) is 21.3 Å². The van der Waals surface area contributed by atoms with Gasteiger partial charge in [-0.2, -0.15) is 0 Å². The summed E-state index contributed by atoms with van der Waals surface area (Å²) in [5.41, 5.74) is 1.43. The Bertz CT molecular complexity index is 700. The maximum Gasteiger partial charge on any atom is 0.255 e. The fraction of sp³-hybridized carbons (Fsp3) is 0.357. The molecule has 0 N–H and O–H groups in total. The third-order valence-electron chi connectivity index (χ3n) is 3.35. The van der Waals surface area contributed by atoms with Crippen molar-refractivity contribution < 1.29 is 38.1 Å². The van der Waals surface area contributed by atoms with E-state index in [2.05, 4.69) is 0 Å². The van der Waals surface area contributed by atoms with Gasteiger partial charge >= 0.3 is 0 Å². The van der Waals surface area contributed by atoms with Crippen LogP contribution < -0.4 is 28.5 Å². The number of Topliss-reactive ketones (excluding diaryl/α,β-unsaturated/α-hetero) is 2. The van der Waals surface area contributed by atoms with Gasteiger partial charge in [-0.15, -0.1) is 23.2 Å². The number of carbonyl (C=O) groups excluding carboxylic acids is 2. The van der Waals surface area contributed by atoms with Crippen molar-refractivity contribution in [2.75, 3.05) is 11.8 Å². The third kappa shape index (κ3) is 4.51. The van der Waals surface area contributed by atoms with Crippen molar-refractivity contribution in [2.24, 2.45) is 0 Å². The zero-order valence-corrected chi connectivity index (χ0v) is 17.3. The maximum absolute atomic E-state index is 11.7. The molecule has 0 saturated carbocycles. The summed E-state index contributed by atoms with van der Waals surface area (Å²) < 4.78 is 3.54. The first kappa shape index (κ1) is 21.0. The molecule has 23 heavy (non-hydrogen) atoms. The molecule has 0 bridgehead atoms. The molecule has 0 aliphatic heterocycles. The van der Waals surface area contributed by atoms with E-state index >= 15 is 0 Å². The van der Waals surface area contributed by atoms with Crippen LogP contribution in [0.2, 0.25) is 10.0 Å². The van der Waals surface area contributed by atoms with Gasteiger partial charge in [-0.25, -0.2) is 9.13 Å². The van der Waals surface area contributed by atoms with Crippen LogP contribution in [0, 0.1) is 6.92 Å². The first-order valence-corrected chi connectivity index (χ1v) is 8.24. The van der Waals surface area contributed by atoms with Crippen LogP contribution in [0.1, 0.15) is 5.82 Å². The molecule has 9 heteroatoms. The fourth-order valence-corrected chi connectivity index (χ4v) is 2.77. The highest BCUT2D eigenvalue weighted by Gasteiger charge is 2.25. The van der Waals surface area contributed by atoms with Crippen molar-refractivity contribution >= 4 is 69.0 Å². The number of carbonyl (C=O) groups is 2. The van der Waals surface area contributed by atoms with Crippen LogP contribution in [-0.4, -0.2) is 27.9 Å². The number of halogens is 5. The predicted molar refractivity (Wildman–Crippen MR) is 88.3 cm³/mol. The van der Waals surface area contributed by atoms with Crippen molar-refractivity contribution in [1.29, 1.82) is 0 Å². The van der Waals surface area contributed by atoms with E-state index in [4.69, 9.17) is 46.4 Å². The normalized spacial score (nSPS) is 10.7. The molecule has 1 aromatic carbocycles. The van der Waals surface area contributed by atoms with E-state index in [-0.39, 0.29) is 60.4 Å². The molecule has 0 aliphatic carbocycles. The standard InChI is InChI=1S/C14H13Cl4N2O2.HI/c1-8-19(6-9(21)4-15)13-2-11(17)12(18)3-14(13)20(8)7-10(22)5-16;/h2-3H,4-7H2,1H3;1H/q+1;/p-1. The van der Waals surface area contributed by atoms with Crippen molar-refractivity contribution in [2.45, 2.75) is 20.0 Å². The van der Waals surface area contributed by atoms with E-state index in [1.807, 2.05) is 6.92 Å². The van der Waals surface area contributed by atoms with Crippen LogP contribution in [0.15, 0.2) is 12.1 Å². The molecule has 2 aromatic rings. The Balaban J connectivity index is 0.00000264. The maximum atomic E-state index is 11.7. The van der Waals surface area contributed by atoms with Crippen LogP contribution in [0.25, 0.3) is 11.0 Å².